The van der Waals surface area contributed by atoms with Crippen LogP contribution < -0.4 is 10.6 Å². The van der Waals surface area contributed by atoms with Gasteiger partial charge in [0.15, 0.2) is 11.6 Å². The molecule has 2 aromatic carbocycles. The van der Waals surface area contributed by atoms with Gasteiger partial charge in [0.1, 0.15) is 0 Å². The van der Waals surface area contributed by atoms with Crippen LogP contribution in [0.2, 0.25) is 5.02 Å². The summed E-state index contributed by atoms with van der Waals surface area (Å²) in [5.41, 5.74) is 2.11. The maximum atomic E-state index is 13.2. The highest BCUT2D eigenvalue weighted by Crippen LogP contribution is 2.19. The van der Waals surface area contributed by atoms with Gasteiger partial charge < -0.3 is 10.6 Å². The van der Waals surface area contributed by atoms with Crippen molar-refractivity contribution in [3.8, 4) is 0 Å². The monoisotopic (exact) mass is 338 g/mol. The van der Waals surface area contributed by atoms with Crippen molar-refractivity contribution in [3.05, 3.63) is 64.2 Å². The number of nitrogens with one attached hydrogen (secondary N) is 2. The van der Waals surface area contributed by atoms with Gasteiger partial charge in [0.05, 0.1) is 6.54 Å². The largest absolute Gasteiger partial charge is 0.325 e. The highest BCUT2D eigenvalue weighted by Gasteiger charge is 2.11. The molecule has 122 valence electrons. The van der Waals surface area contributed by atoms with E-state index in [2.05, 4.69) is 10.6 Å². The molecule has 0 aliphatic heterocycles. The number of anilines is 1. The first kappa shape index (κ1) is 17.4. The topological polar surface area (TPSA) is 41.1 Å². The molecular weight excluding hydrogens is 322 g/mol. The van der Waals surface area contributed by atoms with Gasteiger partial charge in [0.2, 0.25) is 5.91 Å². The van der Waals surface area contributed by atoms with Crippen LogP contribution >= 0.6 is 11.6 Å². The van der Waals surface area contributed by atoms with Gasteiger partial charge in [-0.25, -0.2) is 8.78 Å². The lowest BCUT2D eigenvalue weighted by Gasteiger charge is -2.15. The van der Waals surface area contributed by atoms with E-state index in [1.807, 2.05) is 6.92 Å². The zero-order valence-corrected chi connectivity index (χ0v) is 13.5. The van der Waals surface area contributed by atoms with E-state index in [-0.39, 0.29) is 18.5 Å². The summed E-state index contributed by atoms with van der Waals surface area (Å²) >= 11 is 5.87. The first-order valence-corrected chi connectivity index (χ1v) is 7.49. The van der Waals surface area contributed by atoms with Crippen LogP contribution in [0.4, 0.5) is 14.5 Å². The molecule has 0 aliphatic carbocycles. The third-order valence-corrected chi connectivity index (χ3v) is 3.71. The molecule has 0 aromatic heterocycles. The molecule has 2 N–H and O–H groups in total. The van der Waals surface area contributed by atoms with Crippen molar-refractivity contribution in [3.63, 3.8) is 0 Å². The van der Waals surface area contributed by atoms with E-state index < -0.39 is 11.6 Å². The van der Waals surface area contributed by atoms with Gasteiger partial charge in [-0.1, -0.05) is 17.7 Å². The number of hydrogen-bond donors (Lipinski definition) is 2. The first-order valence-electron chi connectivity index (χ1n) is 7.11. The Morgan fingerprint density at radius 2 is 1.91 bits per heavy atom. The molecule has 0 unspecified atom stereocenters. The normalized spacial score (nSPS) is 12.0. The Labute approximate surface area is 138 Å². The molecule has 0 saturated heterocycles. The predicted octanol–water partition coefficient (Wildman–Crippen LogP) is 4.22. The third kappa shape index (κ3) is 4.74. The summed E-state index contributed by atoms with van der Waals surface area (Å²) in [7, 11) is 0. The van der Waals surface area contributed by atoms with E-state index in [1.165, 1.54) is 6.07 Å². The Hall–Kier alpha value is -1.98. The fourth-order valence-electron chi connectivity index (χ4n) is 2.11. The molecule has 3 nitrogen and oxygen atoms in total. The lowest BCUT2D eigenvalue weighted by Crippen LogP contribution is -2.30. The molecule has 0 radical (unpaired) electrons. The lowest BCUT2D eigenvalue weighted by molar-refractivity contribution is -0.115. The average molecular weight is 339 g/mol. The number of rotatable bonds is 5. The quantitative estimate of drug-likeness (QED) is 0.857. The maximum absolute atomic E-state index is 13.2. The summed E-state index contributed by atoms with van der Waals surface area (Å²) in [6, 6.07) is 8.57. The van der Waals surface area contributed by atoms with Gasteiger partial charge in [-0.05, 0) is 55.3 Å². The minimum Gasteiger partial charge on any atom is -0.325 e. The average Bonchev–Trinajstić information content (AvgIpc) is 2.50. The minimum atomic E-state index is -0.905. The van der Waals surface area contributed by atoms with Crippen molar-refractivity contribution in [1.82, 2.24) is 5.32 Å². The number of halogens is 3. The second kappa shape index (κ2) is 7.53. The van der Waals surface area contributed by atoms with Crippen molar-refractivity contribution in [2.75, 3.05) is 11.9 Å². The van der Waals surface area contributed by atoms with Crippen LogP contribution in [0.1, 0.15) is 24.1 Å². The Morgan fingerprint density at radius 1 is 1.17 bits per heavy atom. The Morgan fingerprint density at radius 3 is 2.57 bits per heavy atom. The molecule has 0 aliphatic rings. The Kier molecular flexibility index (Phi) is 5.69. The predicted molar refractivity (Wildman–Crippen MR) is 87.6 cm³/mol. The molecule has 1 atom stereocenters. The maximum Gasteiger partial charge on any atom is 0.238 e. The van der Waals surface area contributed by atoms with Crippen LogP contribution in [0.3, 0.4) is 0 Å². The number of carbonyl (C=O) groups is 1. The Balaban J connectivity index is 1.91. The second-order valence-electron chi connectivity index (χ2n) is 5.28. The fourth-order valence-corrected chi connectivity index (χ4v) is 2.33. The molecule has 1 amide bonds. The van der Waals surface area contributed by atoms with Crippen LogP contribution in [-0.4, -0.2) is 12.5 Å². The van der Waals surface area contributed by atoms with Gasteiger partial charge in [-0.15, -0.1) is 0 Å². The summed E-state index contributed by atoms with van der Waals surface area (Å²) in [6.45, 7) is 3.66. The number of benzene rings is 2. The van der Waals surface area contributed by atoms with Crippen molar-refractivity contribution in [2.24, 2.45) is 0 Å². The van der Waals surface area contributed by atoms with Gasteiger partial charge >= 0.3 is 0 Å². The van der Waals surface area contributed by atoms with E-state index in [0.29, 0.717) is 16.3 Å². The van der Waals surface area contributed by atoms with E-state index in [0.717, 1.165) is 17.7 Å². The molecule has 0 fully saturated rings. The molecule has 2 rings (SSSR count). The van der Waals surface area contributed by atoms with Crippen LogP contribution in [0.25, 0.3) is 0 Å². The molecule has 2 aromatic rings. The smallest absolute Gasteiger partial charge is 0.238 e. The molecule has 0 heterocycles. The zero-order valence-electron chi connectivity index (χ0n) is 12.8. The van der Waals surface area contributed by atoms with E-state index in [4.69, 9.17) is 11.6 Å². The molecule has 6 heteroatoms. The Bertz CT molecular complexity index is 722. The van der Waals surface area contributed by atoms with E-state index >= 15 is 0 Å². The van der Waals surface area contributed by atoms with Crippen molar-refractivity contribution in [2.45, 2.75) is 19.9 Å². The SMILES string of the molecule is Cc1cc(Cl)ccc1NC(=O)CN[C@H](C)c1ccc(F)c(F)c1. The number of hydrogen-bond acceptors (Lipinski definition) is 2. The van der Waals surface area contributed by atoms with Crippen molar-refractivity contribution >= 4 is 23.2 Å². The molecule has 0 spiro atoms. The van der Waals surface area contributed by atoms with Gasteiger partial charge in [0.25, 0.3) is 0 Å². The zero-order chi connectivity index (χ0) is 17.0. The number of aryl methyl sites for hydroxylation is 1. The lowest BCUT2D eigenvalue weighted by atomic mass is 10.1. The summed E-state index contributed by atoms with van der Waals surface area (Å²) in [6.07, 6.45) is 0. The van der Waals surface area contributed by atoms with Gasteiger partial charge in [-0.2, -0.15) is 0 Å². The van der Waals surface area contributed by atoms with E-state index in [9.17, 15) is 13.6 Å². The van der Waals surface area contributed by atoms with Gasteiger partial charge in [0, 0.05) is 16.8 Å². The standard InChI is InChI=1S/C17H17ClF2N2O/c1-10-7-13(18)4-6-16(10)22-17(23)9-21-11(2)12-3-5-14(19)15(20)8-12/h3-8,11,21H,9H2,1-2H3,(H,22,23)/t11-/m1/s1. The third-order valence-electron chi connectivity index (χ3n) is 3.48. The van der Waals surface area contributed by atoms with E-state index in [1.54, 1.807) is 25.1 Å². The van der Waals surface area contributed by atoms with Crippen LogP contribution in [-0.2, 0) is 4.79 Å². The highest BCUT2D eigenvalue weighted by atomic mass is 35.5. The summed E-state index contributed by atoms with van der Waals surface area (Å²) in [5, 5.41) is 6.34. The summed E-state index contributed by atoms with van der Waals surface area (Å²) < 4.78 is 26.1. The van der Waals surface area contributed by atoms with Crippen molar-refractivity contribution in [1.29, 1.82) is 0 Å². The molecular formula is C17H17ClF2N2O. The summed E-state index contributed by atoms with van der Waals surface area (Å²) in [5.74, 6) is -2.03. The summed E-state index contributed by atoms with van der Waals surface area (Å²) in [4.78, 5) is 12.0. The second-order valence-corrected chi connectivity index (χ2v) is 5.72. The molecule has 0 saturated carbocycles. The highest BCUT2D eigenvalue weighted by molar-refractivity contribution is 6.30. The van der Waals surface area contributed by atoms with Crippen LogP contribution in [0, 0.1) is 18.6 Å². The van der Waals surface area contributed by atoms with Crippen LogP contribution in [0.15, 0.2) is 36.4 Å². The number of amides is 1. The molecule has 0 bridgehead atoms. The minimum absolute atomic E-state index is 0.0439. The van der Waals surface area contributed by atoms with Gasteiger partial charge in [-0.3, -0.25) is 4.79 Å². The number of carbonyl (C=O) groups excluding carboxylic acids is 1. The molecule has 23 heavy (non-hydrogen) atoms. The first-order chi connectivity index (χ1) is 10.9. The van der Waals surface area contributed by atoms with Crippen LogP contribution in [0.5, 0.6) is 0 Å². The fraction of sp³-hybridized carbons (Fsp3) is 0.235. The van der Waals surface area contributed by atoms with Crippen molar-refractivity contribution < 1.29 is 13.6 Å².